The predicted molar refractivity (Wildman–Crippen MR) is 174 cm³/mol. The Morgan fingerprint density at radius 1 is 1.07 bits per heavy atom. The van der Waals surface area contributed by atoms with Crippen LogP contribution in [-0.4, -0.2) is 54.4 Å². The third-order valence-corrected chi connectivity index (χ3v) is 7.88. The quantitative estimate of drug-likeness (QED) is 0.202. The highest BCUT2D eigenvalue weighted by Crippen LogP contribution is 2.44. The molecule has 0 bridgehead atoms. The van der Waals surface area contributed by atoms with Crippen molar-refractivity contribution in [2.75, 3.05) is 31.7 Å². The second kappa shape index (κ2) is 14.1. The number of halogens is 1. The first-order valence-corrected chi connectivity index (χ1v) is 15.7. The molecular formula is C36H48FN3O5. The van der Waals surface area contributed by atoms with Crippen molar-refractivity contribution >= 4 is 11.7 Å². The first-order chi connectivity index (χ1) is 21.2. The number of nitrogens with zero attached hydrogens (tertiary/aromatic N) is 3. The Hall–Kier alpha value is -3.72. The molecule has 9 heteroatoms. The number of benzene rings is 1. The fraction of sp³-hybridized carbons (Fsp3) is 0.528. The highest BCUT2D eigenvalue weighted by molar-refractivity contribution is 5.86. The van der Waals surface area contributed by atoms with Gasteiger partial charge in [0.05, 0.1) is 36.8 Å². The van der Waals surface area contributed by atoms with Gasteiger partial charge in [0.2, 0.25) is 0 Å². The molecule has 1 atom stereocenters. The first kappa shape index (κ1) is 34.2. The smallest absolute Gasteiger partial charge is 0.340 e. The fourth-order valence-corrected chi connectivity index (χ4v) is 5.42. The molecule has 0 N–H and O–H groups in total. The number of aryl methyl sites for hydroxylation is 1. The van der Waals surface area contributed by atoms with Crippen molar-refractivity contribution < 1.29 is 28.1 Å². The van der Waals surface area contributed by atoms with Crippen molar-refractivity contribution in [2.45, 2.75) is 92.5 Å². The number of carbonyl (C=O) groups excluding carboxylic acids is 1. The molecule has 0 radical (unpaired) electrons. The van der Waals surface area contributed by atoms with Crippen LogP contribution in [0.15, 0.2) is 42.6 Å². The van der Waals surface area contributed by atoms with E-state index in [1.54, 1.807) is 19.2 Å². The molecule has 4 rings (SSSR count). The second-order valence-corrected chi connectivity index (χ2v) is 13.7. The zero-order valence-electron chi connectivity index (χ0n) is 28.2. The third kappa shape index (κ3) is 8.93. The number of hydrogen-bond donors (Lipinski definition) is 0. The molecule has 45 heavy (non-hydrogen) atoms. The first-order valence-electron chi connectivity index (χ1n) is 15.7. The average molecular weight is 622 g/mol. The minimum atomic E-state index is -0.985. The summed E-state index contributed by atoms with van der Waals surface area (Å²) in [4.78, 5) is 25.6. The summed E-state index contributed by atoms with van der Waals surface area (Å²) < 4.78 is 37.2. The van der Waals surface area contributed by atoms with E-state index >= 15 is 0 Å². The highest BCUT2D eigenvalue weighted by Gasteiger charge is 2.37. The number of rotatable bonds is 11. The molecule has 3 aromatic rings. The van der Waals surface area contributed by atoms with Crippen molar-refractivity contribution in [3.63, 3.8) is 0 Å². The van der Waals surface area contributed by atoms with E-state index in [2.05, 4.69) is 18.7 Å². The van der Waals surface area contributed by atoms with Crippen LogP contribution in [0.3, 0.4) is 0 Å². The molecule has 1 aliphatic rings. The second-order valence-electron chi connectivity index (χ2n) is 13.7. The number of carbonyl (C=O) groups is 1. The zero-order valence-corrected chi connectivity index (χ0v) is 28.2. The number of ether oxygens (including phenoxy) is 4. The number of esters is 1. The van der Waals surface area contributed by atoms with Crippen LogP contribution in [0.5, 0.6) is 11.6 Å². The van der Waals surface area contributed by atoms with Gasteiger partial charge in [-0.3, -0.25) is 4.98 Å². The average Bonchev–Trinajstić information content (AvgIpc) is 2.96. The van der Waals surface area contributed by atoms with Gasteiger partial charge >= 0.3 is 5.97 Å². The zero-order chi connectivity index (χ0) is 32.9. The summed E-state index contributed by atoms with van der Waals surface area (Å²) in [5.74, 6) is 0.118. The maximum absolute atomic E-state index is 13.7. The maximum Gasteiger partial charge on any atom is 0.340 e. The predicted octanol–water partition coefficient (Wildman–Crippen LogP) is 7.66. The molecule has 1 aliphatic heterocycles. The molecule has 0 unspecified atom stereocenters. The van der Waals surface area contributed by atoms with Crippen LogP contribution in [-0.2, 0) is 20.7 Å². The number of pyridine rings is 2. The Bertz CT molecular complexity index is 1460. The van der Waals surface area contributed by atoms with Gasteiger partial charge in [0.1, 0.15) is 5.82 Å². The molecule has 0 saturated carbocycles. The molecule has 1 fully saturated rings. The van der Waals surface area contributed by atoms with Crippen LogP contribution >= 0.6 is 0 Å². The van der Waals surface area contributed by atoms with E-state index in [1.165, 1.54) is 12.1 Å². The van der Waals surface area contributed by atoms with Gasteiger partial charge in [0, 0.05) is 42.5 Å². The summed E-state index contributed by atoms with van der Waals surface area (Å²) >= 11 is 0. The number of methoxy groups -OCH3 is 1. The van der Waals surface area contributed by atoms with Crippen molar-refractivity contribution in [3.8, 4) is 22.9 Å². The van der Waals surface area contributed by atoms with Gasteiger partial charge in [0.15, 0.2) is 11.9 Å². The van der Waals surface area contributed by atoms with E-state index in [-0.39, 0.29) is 17.3 Å². The van der Waals surface area contributed by atoms with Crippen molar-refractivity contribution in [1.82, 2.24) is 9.97 Å². The lowest BCUT2D eigenvalue weighted by Gasteiger charge is -2.41. The highest BCUT2D eigenvalue weighted by atomic mass is 19.1. The van der Waals surface area contributed by atoms with Gasteiger partial charge in [-0.05, 0) is 89.6 Å². The third-order valence-electron chi connectivity index (χ3n) is 7.88. The summed E-state index contributed by atoms with van der Waals surface area (Å²) in [7, 11) is 1.56. The molecule has 1 aromatic carbocycles. The van der Waals surface area contributed by atoms with Crippen LogP contribution in [0.1, 0.15) is 84.2 Å². The van der Waals surface area contributed by atoms with Gasteiger partial charge in [-0.25, -0.2) is 14.2 Å². The summed E-state index contributed by atoms with van der Waals surface area (Å²) in [6.45, 7) is 17.9. The Balaban J connectivity index is 1.78. The van der Waals surface area contributed by atoms with Gasteiger partial charge in [-0.1, -0.05) is 26.0 Å². The van der Waals surface area contributed by atoms with Gasteiger partial charge in [-0.2, -0.15) is 0 Å². The largest absolute Gasteiger partial charge is 0.488 e. The molecule has 0 aliphatic carbocycles. The van der Waals surface area contributed by atoms with Crippen molar-refractivity contribution in [3.05, 3.63) is 65.2 Å². The lowest BCUT2D eigenvalue weighted by atomic mass is 9.82. The van der Waals surface area contributed by atoms with Crippen LogP contribution in [0.4, 0.5) is 10.1 Å². The fourth-order valence-electron chi connectivity index (χ4n) is 5.42. The topological polar surface area (TPSA) is 83.0 Å². The Morgan fingerprint density at radius 2 is 1.73 bits per heavy atom. The van der Waals surface area contributed by atoms with E-state index in [0.717, 1.165) is 42.7 Å². The molecule has 1 saturated heterocycles. The molecule has 3 heterocycles. The van der Waals surface area contributed by atoms with Gasteiger partial charge < -0.3 is 23.8 Å². The lowest BCUT2D eigenvalue weighted by molar-refractivity contribution is -0.171. The standard InChI is InChI=1S/C36H48FN3O5/c1-23(2)44-34(41)32(45-35(4,5)6)30-24(3)38-22-27(31(30)40-19-17-36(7,8)18-20-40)28-14-15-29(33(39-28)42-9)43-21-16-25-10-12-26(37)13-11-25/h10-15,22-23,32H,16-21H2,1-9H3/t32-/m0/s1. The summed E-state index contributed by atoms with van der Waals surface area (Å²) in [6.07, 6.45) is 3.11. The van der Waals surface area contributed by atoms with Gasteiger partial charge in [0.25, 0.3) is 5.88 Å². The minimum absolute atomic E-state index is 0.213. The Kier molecular flexibility index (Phi) is 10.7. The molecule has 0 amide bonds. The number of aromatic nitrogens is 2. The van der Waals surface area contributed by atoms with Crippen molar-refractivity contribution in [2.24, 2.45) is 5.41 Å². The van der Waals surface area contributed by atoms with E-state index in [4.69, 9.17) is 28.9 Å². The molecule has 0 spiro atoms. The maximum atomic E-state index is 13.7. The number of piperidine rings is 1. The monoisotopic (exact) mass is 621 g/mol. The summed E-state index contributed by atoms with van der Waals surface area (Å²) in [5, 5.41) is 0. The molecule has 2 aromatic heterocycles. The van der Waals surface area contributed by atoms with E-state index < -0.39 is 17.7 Å². The minimum Gasteiger partial charge on any atom is -0.488 e. The van der Waals surface area contributed by atoms with Crippen LogP contribution in [0.2, 0.25) is 0 Å². The molecular weight excluding hydrogens is 573 g/mol. The normalized spacial score (nSPS) is 15.6. The summed E-state index contributed by atoms with van der Waals surface area (Å²) in [6, 6.07) is 10.1. The number of anilines is 1. The van der Waals surface area contributed by atoms with E-state index in [0.29, 0.717) is 41.6 Å². The van der Waals surface area contributed by atoms with E-state index in [1.807, 2.05) is 59.9 Å². The van der Waals surface area contributed by atoms with E-state index in [9.17, 15) is 9.18 Å². The lowest BCUT2D eigenvalue weighted by Crippen LogP contribution is -2.39. The SMILES string of the molecule is COc1nc(-c2cnc(C)c([C@H](OC(C)(C)C)C(=O)OC(C)C)c2N2CCC(C)(C)CC2)ccc1OCCc1ccc(F)cc1. The summed E-state index contributed by atoms with van der Waals surface area (Å²) in [5.41, 5.74) is 4.21. The Labute approximate surface area is 267 Å². The molecule has 244 valence electrons. The molecule has 8 nitrogen and oxygen atoms in total. The van der Waals surface area contributed by atoms with Crippen molar-refractivity contribution in [1.29, 1.82) is 0 Å². The van der Waals surface area contributed by atoms with Crippen LogP contribution in [0, 0.1) is 18.2 Å². The van der Waals surface area contributed by atoms with Gasteiger partial charge in [-0.15, -0.1) is 0 Å². The number of hydrogen-bond acceptors (Lipinski definition) is 8. The van der Waals surface area contributed by atoms with Crippen LogP contribution < -0.4 is 14.4 Å². The van der Waals surface area contributed by atoms with Crippen LogP contribution in [0.25, 0.3) is 11.3 Å². The Morgan fingerprint density at radius 3 is 2.33 bits per heavy atom.